The number of rotatable bonds is 7. The van der Waals surface area contributed by atoms with E-state index in [1.165, 1.54) is 5.01 Å². The highest BCUT2D eigenvalue weighted by atomic mass is 16.5. The maximum Gasteiger partial charge on any atom is 0.259 e. The van der Waals surface area contributed by atoms with Gasteiger partial charge < -0.3 is 9.47 Å². The first-order valence-corrected chi connectivity index (χ1v) is 8.74. The molecule has 0 radical (unpaired) electrons. The fraction of sp³-hybridized carbons (Fsp3) is 0.286. The van der Waals surface area contributed by atoms with E-state index in [-0.39, 0.29) is 11.7 Å². The lowest BCUT2D eigenvalue weighted by molar-refractivity contribution is -0.139. The molecule has 6 nitrogen and oxygen atoms in total. The second-order valence-electron chi connectivity index (χ2n) is 6.39. The van der Waals surface area contributed by atoms with Crippen molar-refractivity contribution in [3.8, 4) is 11.5 Å². The molecule has 0 fully saturated rings. The first kappa shape index (κ1) is 18.6. The number of hydrazone groups is 1. The molecule has 3 rings (SSSR count). The van der Waals surface area contributed by atoms with Gasteiger partial charge in [-0.25, -0.2) is 5.01 Å². The third-order valence-corrected chi connectivity index (χ3v) is 4.43. The quantitative estimate of drug-likeness (QED) is 0.706. The van der Waals surface area contributed by atoms with Crippen LogP contribution in [0.4, 0.5) is 0 Å². The van der Waals surface area contributed by atoms with Crippen molar-refractivity contribution < 1.29 is 19.1 Å². The van der Waals surface area contributed by atoms with E-state index >= 15 is 0 Å². The number of methoxy groups -OCH3 is 1. The normalized spacial score (nSPS) is 17.4. The van der Waals surface area contributed by atoms with Crippen molar-refractivity contribution in [1.82, 2.24) is 5.01 Å². The summed E-state index contributed by atoms with van der Waals surface area (Å²) in [6, 6.07) is 16.5. The number of hydrogen-bond acceptors (Lipinski definition) is 5. The third kappa shape index (κ3) is 4.16. The van der Waals surface area contributed by atoms with E-state index in [2.05, 4.69) is 5.10 Å². The van der Waals surface area contributed by atoms with Crippen LogP contribution in [-0.4, -0.2) is 35.6 Å². The van der Waals surface area contributed by atoms with Crippen LogP contribution in [0.25, 0.3) is 0 Å². The molecule has 0 saturated heterocycles. The number of Topliss-reactive ketones (excluding diaryl/α,β-unsaturated/α-hetero) is 1. The van der Waals surface area contributed by atoms with Gasteiger partial charge in [-0.1, -0.05) is 30.3 Å². The Bertz CT molecular complexity index is 846. The minimum absolute atomic E-state index is 0.298. The molecule has 1 amide bonds. The summed E-state index contributed by atoms with van der Waals surface area (Å²) in [4.78, 5) is 25.5. The molecule has 1 heterocycles. The van der Waals surface area contributed by atoms with Crippen LogP contribution in [0.15, 0.2) is 59.7 Å². The molecule has 0 saturated carbocycles. The lowest BCUT2D eigenvalue weighted by Crippen LogP contribution is -2.39. The highest BCUT2D eigenvalue weighted by Crippen LogP contribution is 2.23. The van der Waals surface area contributed by atoms with Crippen LogP contribution in [0.1, 0.15) is 19.4 Å². The molecule has 1 aliphatic rings. The van der Waals surface area contributed by atoms with Crippen molar-refractivity contribution in [2.45, 2.75) is 26.5 Å². The van der Waals surface area contributed by atoms with E-state index in [9.17, 15) is 9.59 Å². The number of carbonyl (C=O) groups is 2. The van der Waals surface area contributed by atoms with Gasteiger partial charge in [-0.3, -0.25) is 9.59 Å². The Morgan fingerprint density at radius 1 is 1.11 bits per heavy atom. The number of carbonyl (C=O) groups excluding carboxylic acids is 2. The molecule has 0 bridgehead atoms. The highest BCUT2D eigenvalue weighted by Gasteiger charge is 2.41. The molecule has 1 aliphatic heterocycles. The number of nitrogens with zero attached hydrogens (tertiary/aromatic N) is 2. The highest BCUT2D eigenvalue weighted by molar-refractivity contribution is 6.23. The largest absolute Gasteiger partial charge is 0.497 e. The Kier molecular flexibility index (Phi) is 5.54. The van der Waals surface area contributed by atoms with Crippen molar-refractivity contribution in [2.24, 2.45) is 11.0 Å². The van der Waals surface area contributed by atoms with Gasteiger partial charge in [-0.15, -0.1) is 0 Å². The first-order valence-electron chi connectivity index (χ1n) is 8.74. The minimum Gasteiger partial charge on any atom is -0.497 e. The van der Waals surface area contributed by atoms with Crippen molar-refractivity contribution in [2.75, 3.05) is 7.11 Å². The van der Waals surface area contributed by atoms with E-state index in [0.29, 0.717) is 23.8 Å². The first-order chi connectivity index (χ1) is 13.0. The number of hydrogen-bond donors (Lipinski definition) is 0. The average molecular weight is 366 g/mol. The predicted molar refractivity (Wildman–Crippen MR) is 102 cm³/mol. The SMILES string of the molecule is COc1ccc(OC(C)C(=O)C2C(=O)N(Cc3ccccc3)N=C2C)cc1. The second kappa shape index (κ2) is 8.03. The summed E-state index contributed by atoms with van der Waals surface area (Å²) in [5.41, 5.74) is 1.45. The van der Waals surface area contributed by atoms with Crippen LogP contribution in [0.3, 0.4) is 0 Å². The summed E-state index contributed by atoms with van der Waals surface area (Å²) in [6.45, 7) is 3.69. The Balaban J connectivity index is 1.66. The average Bonchev–Trinajstić information content (AvgIpc) is 2.95. The molecule has 6 heteroatoms. The van der Waals surface area contributed by atoms with Gasteiger partial charge in [0, 0.05) is 0 Å². The van der Waals surface area contributed by atoms with Crippen molar-refractivity contribution in [3.05, 3.63) is 60.2 Å². The number of amides is 1. The smallest absolute Gasteiger partial charge is 0.259 e. The Morgan fingerprint density at radius 3 is 2.37 bits per heavy atom. The van der Waals surface area contributed by atoms with E-state index in [1.807, 2.05) is 30.3 Å². The van der Waals surface area contributed by atoms with E-state index in [0.717, 1.165) is 5.56 Å². The Labute approximate surface area is 158 Å². The molecular formula is C21H22N2O4. The summed E-state index contributed by atoms with van der Waals surface area (Å²) in [7, 11) is 1.58. The van der Waals surface area contributed by atoms with E-state index in [4.69, 9.17) is 9.47 Å². The van der Waals surface area contributed by atoms with Gasteiger partial charge in [0.2, 0.25) is 0 Å². The van der Waals surface area contributed by atoms with Crippen molar-refractivity contribution in [3.63, 3.8) is 0 Å². The second-order valence-corrected chi connectivity index (χ2v) is 6.39. The molecule has 140 valence electrons. The summed E-state index contributed by atoms with van der Waals surface area (Å²) >= 11 is 0. The maximum atomic E-state index is 12.8. The van der Waals surface area contributed by atoms with E-state index in [1.54, 1.807) is 45.2 Å². The zero-order valence-corrected chi connectivity index (χ0v) is 15.6. The van der Waals surface area contributed by atoms with Gasteiger partial charge in [0.05, 0.1) is 19.4 Å². The van der Waals surface area contributed by atoms with Gasteiger partial charge in [0.15, 0.2) is 11.9 Å². The molecule has 2 aromatic rings. The third-order valence-electron chi connectivity index (χ3n) is 4.43. The standard InChI is InChI=1S/C21H22N2O4/c1-14-19(21(25)23(22-14)13-16-7-5-4-6-8-16)20(24)15(2)27-18-11-9-17(26-3)10-12-18/h4-12,15,19H,13H2,1-3H3. The summed E-state index contributed by atoms with van der Waals surface area (Å²) in [5.74, 6) is -0.272. The van der Waals surface area contributed by atoms with Crippen LogP contribution in [0.2, 0.25) is 0 Å². The lowest BCUT2D eigenvalue weighted by atomic mass is 9.95. The van der Waals surface area contributed by atoms with E-state index < -0.39 is 12.0 Å². The maximum absolute atomic E-state index is 12.8. The Morgan fingerprint density at radius 2 is 1.74 bits per heavy atom. The predicted octanol–water partition coefficient (Wildman–Crippen LogP) is 3.07. The lowest BCUT2D eigenvalue weighted by Gasteiger charge is -2.18. The van der Waals surface area contributed by atoms with Gasteiger partial charge in [-0.2, -0.15) is 5.10 Å². The van der Waals surface area contributed by atoms with Gasteiger partial charge in [0.25, 0.3) is 5.91 Å². The minimum atomic E-state index is -0.901. The molecule has 2 unspecified atom stereocenters. The van der Waals surface area contributed by atoms with Crippen LogP contribution in [-0.2, 0) is 16.1 Å². The van der Waals surface area contributed by atoms with Crippen LogP contribution in [0, 0.1) is 5.92 Å². The van der Waals surface area contributed by atoms with Gasteiger partial charge >= 0.3 is 0 Å². The van der Waals surface area contributed by atoms with Crippen molar-refractivity contribution in [1.29, 1.82) is 0 Å². The molecular weight excluding hydrogens is 344 g/mol. The van der Waals surface area contributed by atoms with Gasteiger partial charge in [0.1, 0.15) is 17.4 Å². The molecule has 0 aromatic heterocycles. The van der Waals surface area contributed by atoms with Crippen molar-refractivity contribution >= 4 is 17.4 Å². The molecule has 0 N–H and O–H groups in total. The molecule has 0 spiro atoms. The van der Waals surface area contributed by atoms with Crippen LogP contribution < -0.4 is 9.47 Å². The van der Waals surface area contributed by atoms with Crippen LogP contribution >= 0.6 is 0 Å². The zero-order valence-electron chi connectivity index (χ0n) is 15.6. The topological polar surface area (TPSA) is 68.2 Å². The fourth-order valence-corrected chi connectivity index (χ4v) is 2.97. The number of benzene rings is 2. The monoisotopic (exact) mass is 366 g/mol. The molecule has 0 aliphatic carbocycles. The fourth-order valence-electron chi connectivity index (χ4n) is 2.97. The summed E-state index contributed by atoms with van der Waals surface area (Å²) < 4.78 is 10.8. The molecule has 27 heavy (non-hydrogen) atoms. The van der Waals surface area contributed by atoms with Crippen LogP contribution in [0.5, 0.6) is 11.5 Å². The van der Waals surface area contributed by atoms with Gasteiger partial charge in [-0.05, 0) is 43.7 Å². The number of ether oxygens (including phenoxy) is 2. The Hall–Kier alpha value is -3.15. The molecule has 2 atom stereocenters. The number of ketones is 1. The summed E-state index contributed by atoms with van der Waals surface area (Å²) in [6.07, 6.45) is -0.769. The summed E-state index contributed by atoms with van der Waals surface area (Å²) in [5, 5.41) is 5.64. The molecule has 2 aromatic carbocycles. The zero-order chi connectivity index (χ0) is 19.4.